The summed E-state index contributed by atoms with van der Waals surface area (Å²) in [6, 6.07) is 5.47. The number of carboxylic acids is 2. The number of carbonyl (C=O) groups excluding carboxylic acids is 8. The number of guanidine groups is 1. The summed E-state index contributed by atoms with van der Waals surface area (Å²) in [7, 11) is 1.18. The van der Waals surface area contributed by atoms with Crippen LogP contribution in [0.1, 0.15) is 78.4 Å². The zero-order chi connectivity index (χ0) is 57.7. The smallest absolute Gasteiger partial charge is 0.327 e. The number of hydrogen-bond donors (Lipinski definition) is 11. The number of phenols is 1. The highest BCUT2D eigenvalue weighted by molar-refractivity contribution is 6.00. The van der Waals surface area contributed by atoms with E-state index in [0.29, 0.717) is 17.6 Å². The third kappa shape index (κ3) is 20.6. The second-order valence-corrected chi connectivity index (χ2v) is 18.9. The van der Waals surface area contributed by atoms with Crippen molar-refractivity contribution < 1.29 is 68.0 Å². The fourth-order valence-electron chi connectivity index (χ4n) is 7.89. The highest BCUT2D eigenvalue weighted by atomic mass is 16.5. The first-order chi connectivity index (χ1) is 36.2. The number of esters is 1. The number of aromatic hydroxyl groups is 1. The summed E-state index contributed by atoms with van der Waals surface area (Å²) in [5, 5.41) is 45.3. The molecule has 1 fully saturated rings. The molecule has 77 heavy (non-hydrogen) atoms. The van der Waals surface area contributed by atoms with Crippen LogP contribution in [-0.2, 0) is 65.5 Å². The summed E-state index contributed by atoms with van der Waals surface area (Å²) in [6.45, 7) is 12.3. The van der Waals surface area contributed by atoms with Gasteiger partial charge in [-0.1, -0.05) is 93.6 Å². The Balaban J connectivity index is 2.16. The van der Waals surface area contributed by atoms with Crippen LogP contribution in [0.15, 0.2) is 95.7 Å². The van der Waals surface area contributed by atoms with Crippen molar-refractivity contribution in [1.29, 1.82) is 0 Å². The van der Waals surface area contributed by atoms with E-state index in [-0.39, 0.29) is 43.4 Å². The molecular weight excluding hydrogens is 1000 g/mol. The fourth-order valence-corrected chi connectivity index (χ4v) is 7.89. The molecule has 24 heteroatoms. The van der Waals surface area contributed by atoms with Crippen LogP contribution in [0, 0.1) is 17.8 Å². The van der Waals surface area contributed by atoms with Gasteiger partial charge in [-0.05, 0) is 56.4 Å². The minimum atomic E-state index is -1.98. The van der Waals surface area contributed by atoms with Gasteiger partial charge in [-0.3, -0.25) is 43.3 Å². The number of amides is 7. The van der Waals surface area contributed by atoms with Crippen molar-refractivity contribution >= 4 is 65.2 Å². The van der Waals surface area contributed by atoms with Gasteiger partial charge in [0.05, 0.1) is 17.9 Å². The Morgan fingerprint density at radius 2 is 1.40 bits per heavy atom. The molecule has 10 unspecified atom stereocenters. The number of allylic oxidation sites excluding steroid dienone is 2. The number of nitrogens with one attached hydrogen (secondary N) is 6. The van der Waals surface area contributed by atoms with Crippen LogP contribution in [0.4, 0.5) is 0 Å². The highest BCUT2D eigenvalue weighted by Gasteiger charge is 2.37. The lowest BCUT2D eigenvalue weighted by Crippen LogP contribution is -2.59. The molecule has 0 bridgehead atoms. The minimum absolute atomic E-state index is 0.0201. The molecule has 1 heterocycles. The van der Waals surface area contributed by atoms with Crippen molar-refractivity contribution in [2.24, 2.45) is 34.2 Å². The number of nitrogens with zero attached hydrogens (tertiary/aromatic N) is 2. The van der Waals surface area contributed by atoms with Gasteiger partial charge in [0.25, 0.3) is 5.91 Å². The van der Waals surface area contributed by atoms with Gasteiger partial charge in [0.15, 0.2) is 5.96 Å². The maximum atomic E-state index is 14.5. The lowest BCUT2D eigenvalue weighted by Gasteiger charge is -2.28. The minimum Gasteiger partial charge on any atom is -0.508 e. The number of carboxylic acid groups (broad SMARTS) is 2. The molecule has 2 aromatic rings. The van der Waals surface area contributed by atoms with E-state index in [9.17, 15) is 63.3 Å². The van der Waals surface area contributed by atoms with Gasteiger partial charge in [0.1, 0.15) is 47.8 Å². The first-order valence-electron chi connectivity index (χ1n) is 24.8. The topological polar surface area (TPSA) is 380 Å². The van der Waals surface area contributed by atoms with E-state index in [1.54, 1.807) is 13.0 Å². The molecule has 7 amide bonds. The van der Waals surface area contributed by atoms with Crippen molar-refractivity contribution in [3.63, 3.8) is 0 Å². The van der Waals surface area contributed by atoms with E-state index in [4.69, 9.17) is 16.2 Å². The molecule has 24 nitrogen and oxygen atoms in total. The largest absolute Gasteiger partial charge is 0.508 e. The van der Waals surface area contributed by atoms with Crippen LogP contribution < -0.4 is 43.4 Å². The van der Waals surface area contributed by atoms with E-state index in [1.165, 1.54) is 65.1 Å². The number of aliphatic carboxylic acids is 2. The van der Waals surface area contributed by atoms with Gasteiger partial charge >= 0.3 is 17.9 Å². The molecule has 0 aromatic heterocycles. The molecule has 13 N–H and O–H groups in total. The van der Waals surface area contributed by atoms with Crippen molar-refractivity contribution in [3.8, 4) is 5.75 Å². The average Bonchev–Trinajstić information content (AvgIpc) is 3.37. The maximum Gasteiger partial charge on any atom is 0.327 e. The van der Waals surface area contributed by atoms with Crippen LogP contribution >= 0.6 is 0 Å². The molecular formula is C53H72N10O14. The fraction of sp³-hybridized carbons (Fsp3) is 0.453. The van der Waals surface area contributed by atoms with Gasteiger partial charge < -0.3 is 68.3 Å². The maximum absolute atomic E-state index is 14.5. The third-order valence-electron chi connectivity index (χ3n) is 12.6. The zero-order valence-electron chi connectivity index (χ0n) is 44.2. The molecule has 1 aliphatic heterocycles. The van der Waals surface area contributed by atoms with Crippen molar-refractivity contribution in [2.75, 3.05) is 13.6 Å². The Labute approximate surface area is 446 Å². The summed E-state index contributed by atoms with van der Waals surface area (Å²) in [6.07, 6.45) is 3.26. The summed E-state index contributed by atoms with van der Waals surface area (Å²) in [4.78, 5) is 139. The highest BCUT2D eigenvalue weighted by Crippen LogP contribution is 2.20. The Morgan fingerprint density at radius 1 is 0.792 bits per heavy atom. The predicted molar refractivity (Wildman–Crippen MR) is 281 cm³/mol. The van der Waals surface area contributed by atoms with Gasteiger partial charge in [0, 0.05) is 45.7 Å². The standard InChI is InChI=1S/C53H72N10O14/c1-28(25-29(2)42(77-34(7)64)27-35-13-10-9-11-14-35)16-21-38-30(3)45(67)60-40(51(73)74)22-23-43(66)63(8)33(6)48(70)57-32(5)47(69)61-41(26-36-17-19-37(65)20-18-36)50(72)62-44(52(75)76)31(4)46(68)59-39(49(71)58-38)15-12-24-56-53(54)55/h9-11,13-14,16-21,25,29-32,38-42,44,65H,6,12,15,22-24,26-27H2,1-5,7-8H3,(H,57,70)(H,58,71)(H,59,68)(H,60,67)(H,61,69)(H,62,72)(H,73,74)(H,75,76)(H4,54,55,56). The molecule has 0 spiro atoms. The van der Waals surface area contributed by atoms with Crippen LogP contribution in [-0.4, -0.2) is 141 Å². The quantitative estimate of drug-likeness (QED) is 0.0288. The molecule has 0 saturated carbocycles. The summed E-state index contributed by atoms with van der Waals surface area (Å²) in [5.41, 5.74) is 12.5. The number of nitrogens with two attached hydrogens (primary N) is 2. The Bertz CT molecular complexity index is 2570. The number of ether oxygens (including phenoxy) is 1. The van der Waals surface area contributed by atoms with E-state index < -0.39 is 132 Å². The number of likely N-dealkylation sites (N-methyl/N-ethyl adjacent to an activating group) is 1. The van der Waals surface area contributed by atoms with Crippen molar-refractivity contribution in [2.45, 2.75) is 122 Å². The second kappa shape index (κ2) is 30.1. The van der Waals surface area contributed by atoms with E-state index in [1.807, 2.05) is 43.3 Å². The van der Waals surface area contributed by atoms with Crippen LogP contribution in [0.25, 0.3) is 0 Å². The number of benzene rings is 2. The SMILES string of the molecule is C=C1C(=O)NC(C)C(=O)NC(Cc2ccc(O)cc2)C(=O)NC(C(=O)O)C(C)C(=O)NC(CCCN=C(N)N)C(=O)NC(C=CC(C)=CC(C)C(Cc2ccccc2)OC(C)=O)C(C)C(=O)NC(C(=O)O)CCC(=O)N1C. The molecule has 0 aliphatic carbocycles. The summed E-state index contributed by atoms with van der Waals surface area (Å²) < 4.78 is 5.68. The van der Waals surface area contributed by atoms with Crippen LogP contribution in [0.5, 0.6) is 5.75 Å². The van der Waals surface area contributed by atoms with Gasteiger partial charge in [-0.25, -0.2) is 9.59 Å². The first kappa shape index (κ1) is 62.7. The molecule has 3 rings (SSSR count). The zero-order valence-corrected chi connectivity index (χ0v) is 44.2. The Morgan fingerprint density at radius 3 is 2.00 bits per heavy atom. The number of carbonyl (C=O) groups is 10. The average molecular weight is 1070 g/mol. The Kier molecular flexibility index (Phi) is 24.5. The van der Waals surface area contributed by atoms with Gasteiger partial charge in [-0.15, -0.1) is 0 Å². The second-order valence-electron chi connectivity index (χ2n) is 18.9. The summed E-state index contributed by atoms with van der Waals surface area (Å²) >= 11 is 0. The monoisotopic (exact) mass is 1070 g/mol. The molecule has 418 valence electrons. The predicted octanol–water partition coefficient (Wildman–Crippen LogP) is 0.437. The summed E-state index contributed by atoms with van der Waals surface area (Å²) in [5.74, 6) is -14.0. The third-order valence-corrected chi connectivity index (χ3v) is 12.6. The molecule has 1 aliphatic rings. The van der Waals surface area contributed by atoms with Crippen LogP contribution in [0.3, 0.4) is 0 Å². The molecule has 0 radical (unpaired) electrons. The van der Waals surface area contributed by atoms with E-state index in [2.05, 4.69) is 43.5 Å². The van der Waals surface area contributed by atoms with E-state index in [0.717, 1.165) is 10.5 Å². The first-order valence-corrected chi connectivity index (χ1v) is 24.8. The van der Waals surface area contributed by atoms with E-state index >= 15 is 0 Å². The Hall–Kier alpha value is -8.57. The van der Waals surface area contributed by atoms with Crippen LogP contribution in [0.2, 0.25) is 0 Å². The van der Waals surface area contributed by atoms with Gasteiger partial charge in [0.2, 0.25) is 35.4 Å². The van der Waals surface area contributed by atoms with Crippen molar-refractivity contribution in [1.82, 2.24) is 36.8 Å². The molecule has 10 atom stereocenters. The number of aliphatic imine (C=N–C) groups is 1. The number of phenolic OH excluding ortho intramolecular Hbond substituents is 1. The molecule has 2 aromatic carbocycles. The number of rotatable bonds is 15. The van der Waals surface area contributed by atoms with Gasteiger partial charge in [-0.2, -0.15) is 0 Å². The number of hydrogen-bond acceptors (Lipinski definition) is 13. The normalized spacial score (nSPS) is 24.0. The lowest BCUT2D eigenvalue weighted by molar-refractivity contribution is -0.148. The molecule has 1 saturated heterocycles. The lowest BCUT2D eigenvalue weighted by atomic mass is 9.94. The van der Waals surface area contributed by atoms with Crippen molar-refractivity contribution in [3.05, 3.63) is 102 Å².